The minimum Gasteiger partial charge on any atom is -0.481 e. The Morgan fingerprint density at radius 2 is 1.12 bits per heavy atom. The molecule has 0 aliphatic carbocycles. The van der Waals surface area contributed by atoms with E-state index in [1.807, 2.05) is 0 Å². The second-order valence-electron chi connectivity index (χ2n) is 9.54. The molecular weight excluding hydrogens is 430 g/mol. The van der Waals surface area contributed by atoms with Gasteiger partial charge in [-0.1, -0.05) is 123 Å². The van der Waals surface area contributed by atoms with Crippen LogP contribution in [-0.4, -0.2) is 29.0 Å². The zero-order chi connectivity index (χ0) is 24.4. The van der Waals surface area contributed by atoms with E-state index in [0.717, 1.165) is 25.8 Å². The summed E-state index contributed by atoms with van der Waals surface area (Å²) >= 11 is 4.58. The van der Waals surface area contributed by atoms with Crippen molar-refractivity contribution in [3.8, 4) is 0 Å². The summed E-state index contributed by atoms with van der Waals surface area (Å²) in [5.41, 5.74) is -0.185. The third-order valence-corrected chi connectivity index (χ3v) is 6.54. The molecule has 0 saturated heterocycles. The van der Waals surface area contributed by atoms with Gasteiger partial charge in [0.25, 0.3) is 0 Å². The largest absolute Gasteiger partial charge is 0.481 e. The lowest BCUT2D eigenvalue weighted by Gasteiger charge is -2.15. The zero-order valence-corrected chi connectivity index (χ0v) is 22.9. The first-order valence-corrected chi connectivity index (χ1v) is 14.7. The van der Waals surface area contributed by atoms with Crippen molar-refractivity contribution in [1.82, 2.24) is 0 Å². The van der Waals surface area contributed by atoms with E-state index in [2.05, 4.69) is 31.5 Å². The Morgan fingerprint density at radius 1 is 0.697 bits per heavy atom. The number of rotatable bonds is 25. The van der Waals surface area contributed by atoms with Crippen molar-refractivity contribution in [3.05, 3.63) is 0 Å². The van der Waals surface area contributed by atoms with Crippen LogP contribution in [0.25, 0.3) is 0 Å². The van der Waals surface area contributed by atoms with Gasteiger partial charge in [0, 0.05) is 13.0 Å². The quantitative estimate of drug-likeness (QED) is 0.0445. The molecule has 0 aliphatic rings. The molecule has 0 spiro atoms. The molecule has 0 aromatic rings. The Morgan fingerprint density at radius 3 is 1.58 bits per heavy atom. The van der Waals surface area contributed by atoms with Crippen LogP contribution >= 0.6 is 12.6 Å². The summed E-state index contributed by atoms with van der Waals surface area (Å²) in [5, 5.41) is 9.02. The Bertz CT molecular complexity index is 456. The fourth-order valence-electron chi connectivity index (χ4n) is 4.04. The second-order valence-corrected chi connectivity index (χ2v) is 10.1. The van der Waals surface area contributed by atoms with E-state index in [1.54, 1.807) is 0 Å². The molecule has 0 heterocycles. The molecule has 0 amide bonds. The number of aliphatic imine (C=N–C) groups is 1. The van der Waals surface area contributed by atoms with Crippen LogP contribution in [0.15, 0.2) is 4.99 Å². The predicted molar refractivity (Wildman–Crippen MR) is 147 cm³/mol. The van der Waals surface area contributed by atoms with Crippen LogP contribution in [0.1, 0.15) is 155 Å². The summed E-state index contributed by atoms with van der Waals surface area (Å²) in [6.45, 7) is 5.24. The van der Waals surface area contributed by atoms with Crippen LogP contribution in [0.5, 0.6) is 0 Å². The molecule has 0 rings (SSSR count). The van der Waals surface area contributed by atoms with Gasteiger partial charge in [0.15, 0.2) is 5.90 Å². The molecule has 1 atom stereocenters. The highest BCUT2D eigenvalue weighted by Gasteiger charge is 2.10. The van der Waals surface area contributed by atoms with E-state index < -0.39 is 5.97 Å². The van der Waals surface area contributed by atoms with Crippen LogP contribution in [0.2, 0.25) is 0 Å². The smallest absolute Gasteiger partial charge is 0.303 e. The molecule has 0 aromatic carbocycles. The van der Waals surface area contributed by atoms with E-state index in [1.165, 1.54) is 109 Å². The number of carboxylic acid groups (broad SMARTS) is 1. The number of carbonyl (C=O) groups is 1. The number of hydrogen-bond acceptors (Lipinski definition) is 4. The molecule has 0 radical (unpaired) electrons. The second kappa shape index (κ2) is 25.9. The number of hydrogen-bond donors (Lipinski definition) is 2. The minimum atomic E-state index is -0.806. The summed E-state index contributed by atoms with van der Waals surface area (Å²) in [4.78, 5) is 15.6. The predicted octanol–water partition coefficient (Wildman–Crippen LogP) is 9.36. The maximum absolute atomic E-state index is 11.0. The molecule has 0 bridgehead atoms. The lowest BCUT2D eigenvalue weighted by molar-refractivity contribution is -0.136. The van der Waals surface area contributed by atoms with E-state index in [-0.39, 0.29) is 11.9 Å². The third-order valence-electron chi connectivity index (χ3n) is 6.18. The van der Waals surface area contributed by atoms with Gasteiger partial charge in [-0.05, 0) is 19.3 Å². The monoisotopic (exact) mass is 485 g/mol. The highest BCUT2D eigenvalue weighted by atomic mass is 32.1. The van der Waals surface area contributed by atoms with Gasteiger partial charge in [0.1, 0.15) is 5.44 Å². The van der Waals surface area contributed by atoms with Crippen LogP contribution in [0.3, 0.4) is 0 Å². The Kier molecular flexibility index (Phi) is 25.3. The van der Waals surface area contributed by atoms with Crippen molar-refractivity contribution in [2.45, 2.75) is 161 Å². The topological polar surface area (TPSA) is 58.9 Å². The van der Waals surface area contributed by atoms with Gasteiger partial charge >= 0.3 is 5.97 Å². The maximum atomic E-state index is 11.0. The van der Waals surface area contributed by atoms with E-state index in [0.29, 0.717) is 12.3 Å². The average Bonchev–Trinajstić information content (AvgIpc) is 2.79. The lowest BCUT2D eigenvalue weighted by atomic mass is 10.1. The normalized spacial score (nSPS) is 12.8. The van der Waals surface area contributed by atoms with E-state index >= 15 is 0 Å². The molecule has 1 unspecified atom stereocenters. The molecule has 0 aromatic heterocycles. The highest BCUT2D eigenvalue weighted by Crippen LogP contribution is 2.16. The molecule has 4 nitrogen and oxygen atoms in total. The number of carboxylic acids is 1. The third kappa shape index (κ3) is 25.7. The van der Waals surface area contributed by atoms with Gasteiger partial charge in [-0.2, -0.15) is 0 Å². The van der Waals surface area contributed by atoms with Crippen molar-refractivity contribution in [1.29, 1.82) is 0 Å². The first kappa shape index (κ1) is 32.3. The summed E-state index contributed by atoms with van der Waals surface area (Å²) in [6.07, 6.45) is 26.0. The summed E-state index contributed by atoms with van der Waals surface area (Å²) in [5.74, 6) is -0.232. The number of nitrogens with zero attached hydrogens (tertiary/aromatic N) is 1. The van der Waals surface area contributed by atoms with Gasteiger partial charge < -0.3 is 9.84 Å². The maximum Gasteiger partial charge on any atom is 0.303 e. The standard InChI is InChI=1S/C28H55NO3S/c1-3-5-7-9-11-13-15-17-19-21-25-29-26(23-24-27(30)31)32-28(33)22-20-18-16-14-12-10-8-6-4-2/h28,33H,3-25H2,1-2H3,(H,30,31). The van der Waals surface area contributed by atoms with Crippen LogP contribution in [0.4, 0.5) is 0 Å². The SMILES string of the molecule is CCCCCCCCCCCCN=C(CCC(=O)O)OC(S)CCCCCCCCCCC. The molecular formula is C28H55NO3S. The van der Waals surface area contributed by atoms with Gasteiger partial charge in [0.05, 0.1) is 6.42 Å². The Balaban J connectivity index is 3.92. The molecule has 0 saturated carbocycles. The lowest BCUT2D eigenvalue weighted by Crippen LogP contribution is -2.15. The van der Waals surface area contributed by atoms with E-state index in [4.69, 9.17) is 9.84 Å². The van der Waals surface area contributed by atoms with Gasteiger partial charge in [-0.3, -0.25) is 9.79 Å². The fraction of sp³-hybridized carbons (Fsp3) is 0.929. The molecule has 196 valence electrons. The van der Waals surface area contributed by atoms with Crippen molar-refractivity contribution in [3.63, 3.8) is 0 Å². The fourth-order valence-corrected chi connectivity index (χ4v) is 4.34. The Hall–Kier alpha value is -0.710. The molecule has 33 heavy (non-hydrogen) atoms. The van der Waals surface area contributed by atoms with E-state index in [9.17, 15) is 4.79 Å². The first-order valence-electron chi connectivity index (χ1n) is 14.2. The highest BCUT2D eigenvalue weighted by molar-refractivity contribution is 7.80. The molecule has 5 heteroatoms. The summed E-state index contributed by atoms with van der Waals surface area (Å²) in [7, 11) is 0. The average molecular weight is 486 g/mol. The zero-order valence-electron chi connectivity index (χ0n) is 22.0. The molecule has 0 aliphatic heterocycles. The van der Waals surface area contributed by atoms with Gasteiger partial charge in [-0.25, -0.2) is 0 Å². The van der Waals surface area contributed by atoms with Crippen LogP contribution < -0.4 is 0 Å². The number of thiol groups is 1. The summed E-state index contributed by atoms with van der Waals surface area (Å²) in [6, 6.07) is 0. The van der Waals surface area contributed by atoms with Crippen LogP contribution in [-0.2, 0) is 9.53 Å². The number of ether oxygens (including phenoxy) is 1. The first-order chi connectivity index (χ1) is 16.1. The number of unbranched alkanes of at least 4 members (excludes halogenated alkanes) is 17. The van der Waals surface area contributed by atoms with Gasteiger partial charge in [0.2, 0.25) is 0 Å². The Labute approximate surface area is 211 Å². The van der Waals surface area contributed by atoms with Crippen molar-refractivity contribution >= 4 is 24.5 Å². The van der Waals surface area contributed by atoms with Crippen molar-refractivity contribution < 1.29 is 14.6 Å². The number of aliphatic carboxylic acids is 1. The van der Waals surface area contributed by atoms with Crippen molar-refractivity contribution in [2.75, 3.05) is 6.54 Å². The molecule has 1 N–H and O–H groups in total. The summed E-state index contributed by atoms with van der Waals surface area (Å²) < 4.78 is 5.92. The van der Waals surface area contributed by atoms with Crippen LogP contribution in [0, 0.1) is 0 Å². The minimum absolute atomic E-state index is 0.0649. The van der Waals surface area contributed by atoms with Gasteiger partial charge in [-0.15, -0.1) is 12.6 Å². The van der Waals surface area contributed by atoms with Crippen molar-refractivity contribution in [2.24, 2.45) is 4.99 Å². The molecule has 0 fully saturated rings.